The van der Waals surface area contributed by atoms with Gasteiger partial charge in [-0.1, -0.05) is 0 Å². The van der Waals surface area contributed by atoms with Gasteiger partial charge in [0, 0.05) is 24.9 Å². The number of hydrogen-bond acceptors (Lipinski definition) is 3. The van der Waals surface area contributed by atoms with Gasteiger partial charge in [0.2, 0.25) is 0 Å². The summed E-state index contributed by atoms with van der Waals surface area (Å²) in [6.07, 6.45) is 1.79. The van der Waals surface area contributed by atoms with Crippen molar-refractivity contribution in [2.45, 2.75) is 25.8 Å². The van der Waals surface area contributed by atoms with Gasteiger partial charge in [0.1, 0.15) is 0 Å². The van der Waals surface area contributed by atoms with Crippen molar-refractivity contribution in [3.8, 4) is 0 Å². The maximum atomic E-state index is 10.7. The lowest BCUT2D eigenvalue weighted by Crippen LogP contribution is -2.08. The number of aliphatic carboxylic acids is 2. The summed E-state index contributed by atoms with van der Waals surface area (Å²) in [5.41, 5.74) is 7.43. The third kappa shape index (κ3) is 3.09. The summed E-state index contributed by atoms with van der Waals surface area (Å²) in [6, 6.07) is 0. The molecular weight excluding hydrogens is 215 g/mol. The van der Waals surface area contributed by atoms with Crippen molar-refractivity contribution in [1.82, 2.24) is 4.98 Å². The lowest BCUT2D eigenvalue weighted by atomic mass is 10.1. The number of carboxylic acids is 2. The van der Waals surface area contributed by atoms with Gasteiger partial charge in [-0.15, -0.1) is 0 Å². The van der Waals surface area contributed by atoms with Gasteiger partial charge >= 0.3 is 11.9 Å². The highest BCUT2D eigenvalue weighted by atomic mass is 16.4. The van der Waals surface area contributed by atoms with Gasteiger partial charge in [-0.3, -0.25) is 9.59 Å². The summed E-state index contributed by atoms with van der Waals surface area (Å²) >= 11 is 0. The molecule has 0 unspecified atom stereocenters. The predicted molar refractivity (Wildman–Crippen MR) is 56.0 cm³/mol. The highest BCUT2D eigenvalue weighted by Crippen LogP contribution is 2.16. The molecule has 6 nitrogen and oxygen atoms in total. The molecule has 5 N–H and O–H groups in total. The molecule has 0 saturated carbocycles. The molecule has 6 heteroatoms. The fraction of sp³-hybridized carbons (Fsp3) is 0.400. The second kappa shape index (κ2) is 5.32. The number of aromatic amines is 1. The van der Waals surface area contributed by atoms with Crippen LogP contribution in [-0.4, -0.2) is 27.1 Å². The van der Waals surface area contributed by atoms with E-state index in [9.17, 15) is 9.59 Å². The number of rotatable bonds is 6. The molecule has 1 aromatic rings. The van der Waals surface area contributed by atoms with Gasteiger partial charge in [0.15, 0.2) is 0 Å². The van der Waals surface area contributed by atoms with Crippen LogP contribution >= 0.6 is 0 Å². The van der Waals surface area contributed by atoms with E-state index >= 15 is 0 Å². The largest absolute Gasteiger partial charge is 0.481 e. The zero-order valence-electron chi connectivity index (χ0n) is 8.69. The summed E-state index contributed by atoms with van der Waals surface area (Å²) in [4.78, 5) is 24.0. The molecule has 1 heterocycles. The molecule has 0 radical (unpaired) electrons. The molecule has 0 aliphatic heterocycles. The van der Waals surface area contributed by atoms with Gasteiger partial charge in [-0.05, 0) is 17.5 Å². The van der Waals surface area contributed by atoms with Crippen LogP contribution in [0.3, 0.4) is 0 Å². The van der Waals surface area contributed by atoms with E-state index in [2.05, 4.69) is 4.98 Å². The van der Waals surface area contributed by atoms with Crippen molar-refractivity contribution in [3.05, 3.63) is 23.0 Å². The van der Waals surface area contributed by atoms with Crippen LogP contribution in [-0.2, 0) is 29.0 Å². The number of H-pyrrole nitrogens is 1. The molecule has 1 aromatic heterocycles. The van der Waals surface area contributed by atoms with E-state index in [1.54, 1.807) is 6.20 Å². The second-order valence-electron chi connectivity index (χ2n) is 3.44. The Morgan fingerprint density at radius 1 is 1.31 bits per heavy atom. The zero-order chi connectivity index (χ0) is 12.1. The Hall–Kier alpha value is -1.82. The van der Waals surface area contributed by atoms with Gasteiger partial charge in [0.05, 0.1) is 6.42 Å². The standard InChI is InChI=1S/C10H14N2O4/c11-4-8-7(3-10(15)16)6(5-12-8)1-2-9(13)14/h5,12H,1-4,11H2,(H,13,14)(H,15,16)/i4+1,5+1,8+1. The van der Waals surface area contributed by atoms with Crippen molar-refractivity contribution >= 4 is 11.9 Å². The summed E-state index contributed by atoms with van der Waals surface area (Å²) < 4.78 is 0. The first-order valence-corrected chi connectivity index (χ1v) is 4.86. The third-order valence-electron chi connectivity index (χ3n) is 2.31. The summed E-state index contributed by atoms with van der Waals surface area (Å²) in [7, 11) is 0. The molecule has 16 heavy (non-hydrogen) atoms. The third-order valence-corrected chi connectivity index (χ3v) is 2.31. The average Bonchev–Trinajstić information content (AvgIpc) is 2.56. The fourth-order valence-electron chi connectivity index (χ4n) is 1.56. The summed E-state index contributed by atoms with van der Waals surface area (Å²) in [6.45, 7) is 0.218. The van der Waals surface area contributed by atoms with E-state index in [1.807, 2.05) is 0 Å². The van der Waals surface area contributed by atoms with E-state index in [0.29, 0.717) is 23.2 Å². The molecule has 0 atom stereocenters. The van der Waals surface area contributed by atoms with E-state index < -0.39 is 11.9 Å². The van der Waals surface area contributed by atoms with E-state index in [1.165, 1.54) is 0 Å². The van der Waals surface area contributed by atoms with Crippen LogP contribution in [0.5, 0.6) is 0 Å². The number of carboxylic acid groups (broad SMARTS) is 2. The molecule has 0 bridgehead atoms. The highest BCUT2D eigenvalue weighted by Gasteiger charge is 2.14. The highest BCUT2D eigenvalue weighted by molar-refractivity contribution is 5.71. The molecule has 0 amide bonds. The Kier molecular flexibility index (Phi) is 4.07. The SMILES string of the molecule is N[13CH2][13c]1[nH][13cH]c(CCC(=O)O)c1CC(=O)O. The number of nitrogens with one attached hydrogen (secondary N) is 1. The molecule has 0 aliphatic carbocycles. The van der Waals surface area contributed by atoms with E-state index in [-0.39, 0.29) is 19.4 Å². The molecule has 0 aliphatic rings. The normalized spacial score (nSPS) is 10.3. The van der Waals surface area contributed by atoms with Gasteiger partial charge in [0.25, 0.3) is 0 Å². The van der Waals surface area contributed by atoms with Gasteiger partial charge in [-0.2, -0.15) is 0 Å². The van der Waals surface area contributed by atoms with Crippen molar-refractivity contribution < 1.29 is 19.8 Å². The number of carbonyl (C=O) groups is 2. The number of nitrogens with two attached hydrogens (primary N) is 1. The molecule has 0 saturated heterocycles. The zero-order valence-corrected chi connectivity index (χ0v) is 8.69. The van der Waals surface area contributed by atoms with Crippen LogP contribution < -0.4 is 5.73 Å². The Morgan fingerprint density at radius 2 is 2.00 bits per heavy atom. The topological polar surface area (TPSA) is 116 Å². The first-order chi connectivity index (χ1) is 7.54. The Balaban J connectivity index is 2.86. The molecule has 88 valence electrons. The minimum Gasteiger partial charge on any atom is -0.481 e. The smallest absolute Gasteiger partial charge is 0.307 e. The minimum absolute atomic E-state index is 0.0194. The molecule has 1 rings (SSSR count). The van der Waals surface area contributed by atoms with Crippen LogP contribution in [0.2, 0.25) is 0 Å². The van der Waals surface area contributed by atoms with Crippen LogP contribution in [0.15, 0.2) is 6.20 Å². The molecule has 0 fully saturated rings. The lowest BCUT2D eigenvalue weighted by molar-refractivity contribution is -0.137. The van der Waals surface area contributed by atoms with Gasteiger partial charge < -0.3 is 20.9 Å². The molecular formula is C10H14N2O4. The van der Waals surface area contributed by atoms with Crippen molar-refractivity contribution in [2.75, 3.05) is 0 Å². The number of aromatic nitrogens is 1. The van der Waals surface area contributed by atoms with Crippen LogP contribution in [0.1, 0.15) is 23.2 Å². The average molecular weight is 229 g/mol. The molecule has 0 spiro atoms. The fourth-order valence-corrected chi connectivity index (χ4v) is 1.56. The Labute approximate surface area is 92.1 Å². The lowest BCUT2D eigenvalue weighted by Gasteiger charge is -2.02. The van der Waals surface area contributed by atoms with Crippen molar-refractivity contribution in [3.63, 3.8) is 0 Å². The first-order valence-electron chi connectivity index (χ1n) is 4.86. The van der Waals surface area contributed by atoms with Crippen molar-refractivity contribution in [1.29, 1.82) is 0 Å². The first kappa shape index (κ1) is 12.3. The quantitative estimate of drug-likeness (QED) is 0.517. The minimum atomic E-state index is -0.953. The Bertz CT molecular complexity index is 398. The maximum absolute atomic E-state index is 10.7. The van der Waals surface area contributed by atoms with E-state index in [0.717, 1.165) is 0 Å². The summed E-state index contributed by atoms with van der Waals surface area (Å²) in [5.74, 6) is -1.86. The number of hydrogen-bond donors (Lipinski definition) is 4. The van der Waals surface area contributed by atoms with Gasteiger partial charge in [-0.25, -0.2) is 0 Å². The maximum Gasteiger partial charge on any atom is 0.307 e. The second-order valence-corrected chi connectivity index (χ2v) is 3.44. The Morgan fingerprint density at radius 3 is 2.50 bits per heavy atom. The van der Waals surface area contributed by atoms with Crippen molar-refractivity contribution in [2.24, 2.45) is 5.73 Å². The van der Waals surface area contributed by atoms with Crippen LogP contribution in [0, 0.1) is 0 Å². The van der Waals surface area contributed by atoms with E-state index in [4.69, 9.17) is 15.9 Å². The van der Waals surface area contributed by atoms with Crippen LogP contribution in [0.25, 0.3) is 0 Å². The molecule has 0 aromatic carbocycles. The number of aryl methyl sites for hydroxylation is 1. The van der Waals surface area contributed by atoms with Crippen LogP contribution in [0.4, 0.5) is 0 Å². The predicted octanol–water partition coefficient (Wildman–Crippen LogP) is 0.118. The monoisotopic (exact) mass is 229 g/mol. The summed E-state index contributed by atoms with van der Waals surface area (Å²) in [5, 5.41) is 17.3.